The Morgan fingerprint density at radius 3 is 2.23 bits per heavy atom. The van der Waals surface area contributed by atoms with E-state index in [4.69, 9.17) is 23.2 Å². The normalized spacial score (nSPS) is 17.7. The van der Waals surface area contributed by atoms with Crippen LogP contribution in [0.4, 0.5) is 0 Å². The van der Waals surface area contributed by atoms with Gasteiger partial charge in [0.15, 0.2) is 0 Å². The van der Waals surface area contributed by atoms with Crippen LogP contribution < -0.4 is 0 Å². The molecule has 0 N–H and O–H groups in total. The fourth-order valence-electron chi connectivity index (χ4n) is 4.05. The van der Waals surface area contributed by atoms with Gasteiger partial charge in [-0.05, 0) is 36.2 Å². The summed E-state index contributed by atoms with van der Waals surface area (Å²) in [5.74, 6) is 0.276. The first kappa shape index (κ1) is 21.2. The average molecular weight is 446 g/mol. The zero-order valence-corrected chi connectivity index (χ0v) is 18.3. The molecule has 7 heteroatoms. The highest BCUT2D eigenvalue weighted by molar-refractivity contribution is 6.42. The second-order valence-corrected chi connectivity index (χ2v) is 8.71. The van der Waals surface area contributed by atoms with Gasteiger partial charge in [-0.25, -0.2) is 0 Å². The molecule has 2 aliphatic rings. The highest BCUT2D eigenvalue weighted by atomic mass is 35.5. The van der Waals surface area contributed by atoms with E-state index in [0.717, 1.165) is 50.4 Å². The summed E-state index contributed by atoms with van der Waals surface area (Å²) in [4.78, 5) is 31.3. The lowest BCUT2D eigenvalue weighted by molar-refractivity contribution is -0.139. The molecule has 0 unspecified atom stereocenters. The van der Waals surface area contributed by atoms with Crippen molar-refractivity contribution in [1.82, 2.24) is 14.7 Å². The molecule has 2 aromatic rings. The maximum Gasteiger partial charge on any atom is 0.253 e. The molecule has 0 spiro atoms. The van der Waals surface area contributed by atoms with Crippen LogP contribution in [0.25, 0.3) is 0 Å². The van der Waals surface area contributed by atoms with Crippen LogP contribution in [0.5, 0.6) is 0 Å². The maximum atomic E-state index is 12.6. The highest BCUT2D eigenvalue weighted by Gasteiger charge is 2.36. The molecule has 0 aliphatic carbocycles. The first-order valence-corrected chi connectivity index (χ1v) is 11.1. The van der Waals surface area contributed by atoms with Gasteiger partial charge in [-0.15, -0.1) is 0 Å². The molecule has 0 aromatic heterocycles. The number of rotatable bonds is 5. The first-order valence-electron chi connectivity index (χ1n) is 10.3. The second kappa shape index (κ2) is 9.38. The van der Waals surface area contributed by atoms with Crippen molar-refractivity contribution in [2.24, 2.45) is 0 Å². The van der Waals surface area contributed by atoms with E-state index in [1.807, 2.05) is 52.3 Å². The van der Waals surface area contributed by atoms with Crippen molar-refractivity contribution in [2.75, 3.05) is 39.3 Å². The van der Waals surface area contributed by atoms with E-state index in [1.165, 1.54) is 0 Å². The molecule has 0 atom stereocenters. The zero-order valence-electron chi connectivity index (χ0n) is 16.8. The monoisotopic (exact) mass is 445 g/mol. The minimum absolute atomic E-state index is 0.1000. The number of hydrogen-bond acceptors (Lipinski definition) is 3. The first-order chi connectivity index (χ1) is 14.5. The number of piperazine rings is 1. The molecule has 2 heterocycles. The zero-order chi connectivity index (χ0) is 21.1. The van der Waals surface area contributed by atoms with Gasteiger partial charge < -0.3 is 9.80 Å². The highest BCUT2D eigenvalue weighted by Crippen LogP contribution is 2.24. The van der Waals surface area contributed by atoms with Crippen LogP contribution in [0.3, 0.4) is 0 Å². The fraction of sp³-hybridized carbons (Fsp3) is 0.391. The Hall–Kier alpha value is -2.08. The van der Waals surface area contributed by atoms with Crippen LogP contribution in [0.2, 0.25) is 10.0 Å². The van der Waals surface area contributed by atoms with E-state index in [1.54, 1.807) is 6.07 Å². The third-order valence-electron chi connectivity index (χ3n) is 5.97. The number of amides is 2. The fourth-order valence-corrected chi connectivity index (χ4v) is 4.37. The number of likely N-dealkylation sites (tertiary alicyclic amines) is 1. The third kappa shape index (κ3) is 4.80. The molecule has 2 fully saturated rings. The number of benzene rings is 2. The summed E-state index contributed by atoms with van der Waals surface area (Å²) in [5.41, 5.74) is 1.77. The second-order valence-electron chi connectivity index (χ2n) is 7.90. The molecule has 4 rings (SSSR count). The molecular formula is C23H25Cl2N3O2. The lowest BCUT2D eigenvalue weighted by Gasteiger charge is -2.48. The molecule has 5 nitrogen and oxygen atoms in total. The van der Waals surface area contributed by atoms with Crippen molar-refractivity contribution in [2.45, 2.75) is 18.9 Å². The van der Waals surface area contributed by atoms with Crippen LogP contribution in [0.15, 0.2) is 48.5 Å². The van der Waals surface area contributed by atoms with Crippen molar-refractivity contribution >= 4 is 35.0 Å². The Labute approximate surface area is 187 Å². The summed E-state index contributed by atoms with van der Waals surface area (Å²) in [6.45, 7) is 4.72. The summed E-state index contributed by atoms with van der Waals surface area (Å²) in [7, 11) is 0. The molecule has 30 heavy (non-hydrogen) atoms. The van der Waals surface area contributed by atoms with E-state index >= 15 is 0 Å². The number of halogens is 2. The number of carbonyl (C=O) groups is 2. The van der Waals surface area contributed by atoms with Crippen LogP contribution in [-0.2, 0) is 11.2 Å². The summed E-state index contributed by atoms with van der Waals surface area (Å²) in [5, 5.41) is 1.05. The molecule has 2 aromatic carbocycles. The third-order valence-corrected chi connectivity index (χ3v) is 6.70. The van der Waals surface area contributed by atoms with Gasteiger partial charge in [0.25, 0.3) is 5.91 Å². The predicted octanol–water partition coefficient (Wildman–Crippen LogP) is 3.59. The van der Waals surface area contributed by atoms with Crippen molar-refractivity contribution < 1.29 is 9.59 Å². The quantitative estimate of drug-likeness (QED) is 0.705. The van der Waals surface area contributed by atoms with Gasteiger partial charge >= 0.3 is 0 Å². The van der Waals surface area contributed by atoms with E-state index in [0.29, 0.717) is 28.9 Å². The maximum absolute atomic E-state index is 12.6. The van der Waals surface area contributed by atoms with Crippen molar-refractivity contribution in [3.8, 4) is 0 Å². The molecular weight excluding hydrogens is 421 g/mol. The minimum Gasteiger partial charge on any atom is -0.339 e. The van der Waals surface area contributed by atoms with Gasteiger partial charge in [0, 0.05) is 57.3 Å². The van der Waals surface area contributed by atoms with Gasteiger partial charge in [0.2, 0.25) is 5.91 Å². The molecule has 0 radical (unpaired) electrons. The molecule has 158 valence electrons. The van der Waals surface area contributed by atoms with E-state index < -0.39 is 0 Å². The lowest BCUT2D eigenvalue weighted by Crippen LogP contribution is -2.64. The van der Waals surface area contributed by atoms with Crippen LogP contribution >= 0.6 is 23.2 Å². The van der Waals surface area contributed by atoms with Crippen molar-refractivity contribution in [1.29, 1.82) is 0 Å². The van der Waals surface area contributed by atoms with E-state index in [9.17, 15) is 9.59 Å². The minimum atomic E-state index is 0.1000. The van der Waals surface area contributed by atoms with Crippen molar-refractivity contribution in [3.05, 3.63) is 69.7 Å². The molecule has 2 aliphatic heterocycles. The van der Waals surface area contributed by atoms with Crippen LogP contribution in [-0.4, -0.2) is 71.8 Å². The Kier molecular flexibility index (Phi) is 6.61. The largest absolute Gasteiger partial charge is 0.339 e. The number of hydrogen-bond donors (Lipinski definition) is 0. The summed E-state index contributed by atoms with van der Waals surface area (Å²) in [6.07, 6.45) is 1.14. The summed E-state index contributed by atoms with van der Waals surface area (Å²) >= 11 is 12.0. The topological polar surface area (TPSA) is 43.9 Å². The smallest absolute Gasteiger partial charge is 0.253 e. The standard InChI is InChI=1S/C23H25Cl2N3O2/c24-20-8-6-17(14-21(20)25)7-9-22(29)28-15-19(16-28)26-10-12-27(13-11-26)23(30)18-4-2-1-3-5-18/h1-6,8,14,19H,7,9-13,15-16H2. The van der Waals surface area contributed by atoms with Crippen LogP contribution in [0.1, 0.15) is 22.3 Å². The molecule has 2 amide bonds. The Morgan fingerprint density at radius 1 is 0.867 bits per heavy atom. The lowest BCUT2D eigenvalue weighted by atomic mass is 10.0. The predicted molar refractivity (Wildman–Crippen MR) is 119 cm³/mol. The summed E-state index contributed by atoms with van der Waals surface area (Å²) < 4.78 is 0. The SMILES string of the molecule is O=C(CCc1ccc(Cl)c(Cl)c1)N1CC(N2CCN(C(=O)c3ccccc3)CC2)C1. The molecule has 0 bridgehead atoms. The van der Waals surface area contributed by atoms with Crippen LogP contribution in [0, 0.1) is 0 Å². The molecule has 2 saturated heterocycles. The van der Waals surface area contributed by atoms with Gasteiger partial charge in [0.05, 0.1) is 10.0 Å². The Morgan fingerprint density at radius 2 is 1.57 bits per heavy atom. The van der Waals surface area contributed by atoms with Gasteiger partial charge in [-0.3, -0.25) is 14.5 Å². The van der Waals surface area contributed by atoms with E-state index in [-0.39, 0.29) is 11.8 Å². The molecule has 0 saturated carbocycles. The van der Waals surface area contributed by atoms with E-state index in [2.05, 4.69) is 4.90 Å². The Bertz CT molecular complexity index is 908. The number of nitrogens with zero attached hydrogens (tertiary/aromatic N) is 3. The van der Waals surface area contributed by atoms with Gasteiger partial charge in [0.1, 0.15) is 0 Å². The Balaban J connectivity index is 1.19. The van der Waals surface area contributed by atoms with Gasteiger partial charge in [-0.2, -0.15) is 0 Å². The van der Waals surface area contributed by atoms with Gasteiger partial charge in [-0.1, -0.05) is 47.5 Å². The average Bonchev–Trinajstić information content (AvgIpc) is 2.74. The number of aryl methyl sites for hydroxylation is 1. The summed E-state index contributed by atoms with van der Waals surface area (Å²) in [6, 6.07) is 15.3. The number of carbonyl (C=O) groups excluding carboxylic acids is 2. The van der Waals surface area contributed by atoms with Crippen molar-refractivity contribution in [3.63, 3.8) is 0 Å².